The van der Waals surface area contributed by atoms with Crippen LogP contribution in [0.3, 0.4) is 0 Å². The Balaban J connectivity index is 1.61. The molecule has 0 radical (unpaired) electrons. The highest BCUT2D eigenvalue weighted by molar-refractivity contribution is 5.85. The van der Waals surface area contributed by atoms with E-state index in [0.717, 1.165) is 30.2 Å². The van der Waals surface area contributed by atoms with Crippen LogP contribution in [0.4, 0.5) is 0 Å². The van der Waals surface area contributed by atoms with Gasteiger partial charge in [0, 0.05) is 23.6 Å². The van der Waals surface area contributed by atoms with E-state index in [-0.39, 0.29) is 11.8 Å². The number of nitrogens with one attached hydrogen (secondary N) is 1. The van der Waals surface area contributed by atoms with E-state index in [1.54, 1.807) is 13.0 Å². The Morgan fingerprint density at radius 3 is 2.60 bits per heavy atom. The number of carboxylic acid groups (broad SMARTS) is 1. The maximum Gasteiger partial charge on any atom is 0.336 e. The fourth-order valence-electron chi connectivity index (χ4n) is 4.07. The minimum atomic E-state index is -0.729. The first-order chi connectivity index (χ1) is 14.3. The van der Waals surface area contributed by atoms with Gasteiger partial charge in [0.25, 0.3) is 5.91 Å². The van der Waals surface area contributed by atoms with Gasteiger partial charge in [-0.2, -0.15) is 0 Å². The van der Waals surface area contributed by atoms with E-state index in [2.05, 4.69) is 5.32 Å². The van der Waals surface area contributed by atoms with Crippen molar-refractivity contribution in [2.75, 3.05) is 6.54 Å². The molecule has 3 rings (SSSR count). The first-order valence-electron chi connectivity index (χ1n) is 10.5. The molecular formula is C23H29NO6. The SMILES string of the molecule is CCc1cc(=O)oc2c(C)c(O[C@H](C)C(=O)NCC3CCC(C(=O)O)CC3)ccc12. The molecule has 2 N–H and O–H groups in total. The number of carbonyl (C=O) groups is 2. The summed E-state index contributed by atoms with van der Waals surface area (Å²) in [5, 5.41) is 12.9. The van der Waals surface area contributed by atoms with Crippen LogP contribution in [0.15, 0.2) is 27.4 Å². The van der Waals surface area contributed by atoms with Crippen LogP contribution < -0.4 is 15.7 Å². The van der Waals surface area contributed by atoms with Gasteiger partial charge in [0.05, 0.1) is 5.92 Å². The Kier molecular flexibility index (Phi) is 6.80. The summed E-state index contributed by atoms with van der Waals surface area (Å²) in [7, 11) is 0. The highest BCUT2D eigenvalue weighted by Gasteiger charge is 2.26. The molecule has 1 fully saturated rings. The van der Waals surface area contributed by atoms with Crippen molar-refractivity contribution in [1.29, 1.82) is 0 Å². The van der Waals surface area contributed by atoms with Gasteiger partial charge in [0.1, 0.15) is 11.3 Å². The van der Waals surface area contributed by atoms with Crippen molar-refractivity contribution in [2.24, 2.45) is 11.8 Å². The summed E-state index contributed by atoms with van der Waals surface area (Å²) < 4.78 is 11.3. The fourth-order valence-corrected chi connectivity index (χ4v) is 4.07. The van der Waals surface area contributed by atoms with Crippen LogP contribution >= 0.6 is 0 Å². The van der Waals surface area contributed by atoms with Gasteiger partial charge < -0.3 is 19.6 Å². The van der Waals surface area contributed by atoms with Crippen LogP contribution in [0.2, 0.25) is 0 Å². The molecule has 1 aromatic carbocycles. The molecule has 1 heterocycles. The number of fused-ring (bicyclic) bond motifs is 1. The zero-order chi connectivity index (χ0) is 21.8. The van der Waals surface area contributed by atoms with E-state index in [9.17, 15) is 14.4 Å². The van der Waals surface area contributed by atoms with Crippen molar-refractivity contribution in [3.05, 3.63) is 39.7 Å². The summed E-state index contributed by atoms with van der Waals surface area (Å²) in [4.78, 5) is 35.4. The third kappa shape index (κ3) is 4.83. The zero-order valence-corrected chi connectivity index (χ0v) is 17.7. The number of hydrogen-bond donors (Lipinski definition) is 2. The molecule has 30 heavy (non-hydrogen) atoms. The Hall–Kier alpha value is -2.83. The molecule has 0 unspecified atom stereocenters. The number of carboxylic acids is 1. The molecule has 1 amide bonds. The minimum absolute atomic E-state index is 0.224. The van der Waals surface area contributed by atoms with Crippen molar-refractivity contribution < 1.29 is 23.8 Å². The number of aryl methyl sites for hydroxylation is 2. The van der Waals surface area contributed by atoms with E-state index >= 15 is 0 Å². The Bertz CT molecular complexity index is 987. The van der Waals surface area contributed by atoms with Crippen LogP contribution in [-0.4, -0.2) is 29.6 Å². The first kappa shape index (κ1) is 21.9. The van der Waals surface area contributed by atoms with E-state index in [1.807, 2.05) is 19.9 Å². The summed E-state index contributed by atoms with van der Waals surface area (Å²) in [6.45, 7) is 5.99. The summed E-state index contributed by atoms with van der Waals surface area (Å²) >= 11 is 0. The number of hydrogen-bond acceptors (Lipinski definition) is 5. The van der Waals surface area contributed by atoms with E-state index < -0.39 is 17.7 Å². The maximum atomic E-state index is 12.5. The lowest BCUT2D eigenvalue weighted by atomic mass is 9.82. The van der Waals surface area contributed by atoms with Gasteiger partial charge in [-0.3, -0.25) is 9.59 Å². The van der Waals surface area contributed by atoms with Gasteiger partial charge in [-0.15, -0.1) is 0 Å². The second-order valence-electron chi connectivity index (χ2n) is 8.07. The number of carbonyl (C=O) groups excluding carboxylic acids is 1. The van der Waals surface area contributed by atoms with Gasteiger partial charge in [-0.25, -0.2) is 4.79 Å². The van der Waals surface area contributed by atoms with Crippen LogP contribution in [0.5, 0.6) is 5.75 Å². The minimum Gasteiger partial charge on any atom is -0.481 e. The standard InChI is InChI=1S/C23H29NO6/c1-4-16-11-20(25)30-21-13(2)19(10-9-18(16)21)29-14(3)22(26)24-12-15-5-7-17(8-6-15)23(27)28/h9-11,14-15,17H,4-8,12H2,1-3H3,(H,24,26)(H,27,28)/t14-,15?,17?/m1/s1. The predicted octanol–water partition coefficient (Wildman–Crippen LogP) is 3.44. The van der Waals surface area contributed by atoms with E-state index in [4.69, 9.17) is 14.3 Å². The van der Waals surface area contributed by atoms with Crippen LogP contribution in [0, 0.1) is 18.8 Å². The third-order valence-electron chi connectivity index (χ3n) is 6.01. The normalized spacial score (nSPS) is 20.0. The summed E-state index contributed by atoms with van der Waals surface area (Å²) in [6.07, 6.45) is 2.92. The molecule has 162 valence electrons. The molecule has 1 aromatic heterocycles. The predicted molar refractivity (Wildman–Crippen MR) is 113 cm³/mol. The van der Waals surface area contributed by atoms with Crippen molar-refractivity contribution in [3.63, 3.8) is 0 Å². The zero-order valence-electron chi connectivity index (χ0n) is 17.7. The summed E-state index contributed by atoms with van der Waals surface area (Å²) in [5.41, 5.74) is 1.69. The highest BCUT2D eigenvalue weighted by atomic mass is 16.5. The molecule has 1 aliphatic rings. The van der Waals surface area contributed by atoms with E-state index in [1.165, 1.54) is 6.07 Å². The highest BCUT2D eigenvalue weighted by Crippen LogP contribution is 2.30. The van der Waals surface area contributed by atoms with Gasteiger partial charge >= 0.3 is 11.6 Å². The lowest BCUT2D eigenvalue weighted by molar-refractivity contribution is -0.143. The average molecular weight is 415 g/mol. The summed E-state index contributed by atoms with van der Waals surface area (Å²) in [6, 6.07) is 5.15. The third-order valence-corrected chi connectivity index (χ3v) is 6.01. The van der Waals surface area contributed by atoms with Gasteiger partial charge in [-0.05, 0) is 69.6 Å². The summed E-state index contributed by atoms with van der Waals surface area (Å²) in [5.74, 6) is -0.418. The van der Waals surface area contributed by atoms with Crippen LogP contribution in [0.25, 0.3) is 11.0 Å². The van der Waals surface area contributed by atoms with Gasteiger partial charge in [0.2, 0.25) is 0 Å². The number of amides is 1. The van der Waals surface area contributed by atoms with Crippen LogP contribution in [0.1, 0.15) is 50.7 Å². The molecule has 2 aromatic rings. The molecule has 1 aliphatic carbocycles. The number of aliphatic carboxylic acids is 1. The average Bonchev–Trinajstić information content (AvgIpc) is 2.73. The first-order valence-corrected chi connectivity index (χ1v) is 10.5. The van der Waals surface area contributed by atoms with Crippen molar-refractivity contribution in [3.8, 4) is 5.75 Å². The molecule has 7 nitrogen and oxygen atoms in total. The molecule has 0 saturated heterocycles. The second kappa shape index (κ2) is 9.32. The molecule has 0 bridgehead atoms. The Labute approximate surface area is 175 Å². The smallest absolute Gasteiger partial charge is 0.336 e. The largest absolute Gasteiger partial charge is 0.481 e. The maximum absolute atomic E-state index is 12.5. The Morgan fingerprint density at radius 2 is 1.97 bits per heavy atom. The fraction of sp³-hybridized carbons (Fsp3) is 0.522. The molecule has 1 saturated carbocycles. The Morgan fingerprint density at radius 1 is 1.27 bits per heavy atom. The van der Waals surface area contributed by atoms with E-state index in [0.29, 0.717) is 42.2 Å². The lowest BCUT2D eigenvalue weighted by Gasteiger charge is -2.26. The molecule has 0 spiro atoms. The van der Waals surface area contributed by atoms with Crippen molar-refractivity contribution >= 4 is 22.8 Å². The second-order valence-corrected chi connectivity index (χ2v) is 8.07. The quantitative estimate of drug-likeness (QED) is 0.671. The van der Waals surface area contributed by atoms with Crippen molar-refractivity contribution in [1.82, 2.24) is 5.32 Å². The monoisotopic (exact) mass is 415 g/mol. The van der Waals surface area contributed by atoms with Crippen molar-refractivity contribution in [2.45, 2.75) is 59.0 Å². The topological polar surface area (TPSA) is 106 Å². The van der Waals surface area contributed by atoms with Gasteiger partial charge in [0.15, 0.2) is 6.10 Å². The number of ether oxygens (including phenoxy) is 1. The molecule has 7 heteroatoms. The molecule has 0 aliphatic heterocycles. The number of rotatable bonds is 7. The molecule has 1 atom stereocenters. The van der Waals surface area contributed by atoms with Gasteiger partial charge in [-0.1, -0.05) is 6.92 Å². The van der Waals surface area contributed by atoms with Crippen LogP contribution in [-0.2, 0) is 16.0 Å². The molecular weight excluding hydrogens is 386 g/mol. The number of benzene rings is 1. The lowest BCUT2D eigenvalue weighted by Crippen LogP contribution is -2.39.